The maximum absolute atomic E-state index is 13.4. The quantitative estimate of drug-likeness (QED) is 0.454. The second kappa shape index (κ2) is 8.94. The number of hydrogen-bond acceptors (Lipinski definition) is 5. The summed E-state index contributed by atoms with van der Waals surface area (Å²) in [6.07, 6.45) is 4.63. The van der Waals surface area contributed by atoms with E-state index in [-0.39, 0.29) is 23.3 Å². The van der Waals surface area contributed by atoms with Crippen molar-refractivity contribution in [2.45, 2.75) is 57.7 Å². The molecule has 1 amide bonds. The van der Waals surface area contributed by atoms with Gasteiger partial charge in [-0.15, -0.1) is 11.3 Å². The van der Waals surface area contributed by atoms with Crippen LogP contribution in [0.3, 0.4) is 0 Å². The summed E-state index contributed by atoms with van der Waals surface area (Å²) < 4.78 is 1.64. The summed E-state index contributed by atoms with van der Waals surface area (Å²) in [5.74, 6) is 0.769. The normalized spacial score (nSPS) is 19.2. The number of nitrogens with zero attached hydrogens (tertiary/aromatic N) is 2. The molecule has 3 aromatic rings. The van der Waals surface area contributed by atoms with Crippen molar-refractivity contribution in [2.75, 3.05) is 5.75 Å². The molecule has 2 aromatic heterocycles. The van der Waals surface area contributed by atoms with Crippen molar-refractivity contribution in [3.8, 4) is 5.69 Å². The van der Waals surface area contributed by atoms with Crippen LogP contribution < -0.4 is 10.9 Å². The predicted molar refractivity (Wildman–Crippen MR) is 125 cm³/mol. The number of rotatable bonds is 5. The van der Waals surface area contributed by atoms with Crippen molar-refractivity contribution in [1.82, 2.24) is 14.9 Å². The number of carbonyl (C=O) groups is 1. The lowest BCUT2D eigenvalue weighted by Gasteiger charge is -2.29. The Kier molecular flexibility index (Phi) is 6.29. The van der Waals surface area contributed by atoms with E-state index in [9.17, 15) is 9.59 Å². The van der Waals surface area contributed by atoms with Crippen LogP contribution in [0.25, 0.3) is 15.9 Å². The maximum Gasteiger partial charge on any atom is 0.267 e. The molecule has 1 saturated carbocycles. The maximum atomic E-state index is 13.4. The topological polar surface area (TPSA) is 64.0 Å². The smallest absolute Gasteiger partial charge is 0.267 e. The van der Waals surface area contributed by atoms with E-state index in [1.165, 1.54) is 42.4 Å². The van der Waals surface area contributed by atoms with Crippen LogP contribution in [0.4, 0.5) is 0 Å². The minimum Gasteiger partial charge on any atom is -0.352 e. The van der Waals surface area contributed by atoms with Gasteiger partial charge in [-0.2, -0.15) is 0 Å². The third kappa shape index (κ3) is 4.18. The Balaban J connectivity index is 1.64. The van der Waals surface area contributed by atoms with Crippen LogP contribution in [0.2, 0.25) is 0 Å². The minimum atomic E-state index is -0.0724. The van der Waals surface area contributed by atoms with E-state index in [0.717, 1.165) is 27.4 Å². The average molecular weight is 442 g/mol. The van der Waals surface area contributed by atoms with E-state index in [1.807, 2.05) is 44.2 Å². The summed E-state index contributed by atoms with van der Waals surface area (Å²) in [6, 6.07) is 9.79. The molecule has 0 aliphatic heterocycles. The van der Waals surface area contributed by atoms with Crippen LogP contribution in [0.15, 0.2) is 40.3 Å². The molecule has 4 rings (SSSR count). The third-order valence-corrected chi connectivity index (χ3v) is 8.02. The van der Waals surface area contributed by atoms with E-state index in [0.29, 0.717) is 16.5 Å². The predicted octanol–water partition coefficient (Wildman–Crippen LogP) is 4.85. The number of nitrogens with one attached hydrogen (secondary N) is 1. The Labute approximate surface area is 184 Å². The number of aromatic nitrogens is 2. The first-order valence-corrected chi connectivity index (χ1v) is 12.3. The molecule has 158 valence electrons. The summed E-state index contributed by atoms with van der Waals surface area (Å²) in [6.45, 7) is 6.19. The van der Waals surface area contributed by atoms with Crippen molar-refractivity contribution >= 4 is 39.2 Å². The molecular formula is C23H27N3O2S2. The second-order valence-corrected chi connectivity index (χ2v) is 10.2. The fraction of sp³-hybridized carbons (Fsp3) is 0.435. The van der Waals surface area contributed by atoms with Gasteiger partial charge in [0, 0.05) is 10.9 Å². The van der Waals surface area contributed by atoms with Gasteiger partial charge in [-0.3, -0.25) is 14.2 Å². The van der Waals surface area contributed by atoms with Gasteiger partial charge in [-0.1, -0.05) is 49.7 Å². The molecule has 5 nitrogen and oxygen atoms in total. The van der Waals surface area contributed by atoms with E-state index in [4.69, 9.17) is 4.98 Å². The lowest BCUT2D eigenvalue weighted by molar-refractivity contribution is -0.119. The second-order valence-electron chi connectivity index (χ2n) is 8.06. The van der Waals surface area contributed by atoms with Gasteiger partial charge in [-0.05, 0) is 50.3 Å². The molecule has 1 N–H and O–H groups in total. The van der Waals surface area contributed by atoms with E-state index in [2.05, 4.69) is 12.2 Å². The minimum absolute atomic E-state index is 0.00579. The van der Waals surface area contributed by atoms with E-state index < -0.39 is 0 Å². The van der Waals surface area contributed by atoms with Crippen molar-refractivity contribution < 1.29 is 4.79 Å². The summed E-state index contributed by atoms with van der Waals surface area (Å²) >= 11 is 2.87. The van der Waals surface area contributed by atoms with Gasteiger partial charge >= 0.3 is 0 Å². The Morgan fingerprint density at radius 1 is 1.23 bits per heavy atom. The lowest BCUT2D eigenvalue weighted by atomic mass is 9.86. The Morgan fingerprint density at radius 3 is 2.70 bits per heavy atom. The lowest BCUT2D eigenvalue weighted by Crippen LogP contribution is -2.41. The molecule has 0 saturated heterocycles. The van der Waals surface area contributed by atoms with Gasteiger partial charge in [0.05, 0.1) is 16.8 Å². The van der Waals surface area contributed by atoms with Crippen LogP contribution in [-0.4, -0.2) is 27.3 Å². The third-order valence-electron chi connectivity index (χ3n) is 5.98. The summed E-state index contributed by atoms with van der Waals surface area (Å²) in [4.78, 5) is 32.7. The van der Waals surface area contributed by atoms with Gasteiger partial charge in [0.15, 0.2) is 5.16 Å². The van der Waals surface area contributed by atoms with E-state index in [1.54, 1.807) is 4.57 Å². The zero-order chi connectivity index (χ0) is 21.3. The average Bonchev–Trinajstić information content (AvgIpc) is 3.02. The highest BCUT2D eigenvalue weighted by atomic mass is 32.2. The Hall–Kier alpha value is -2.12. The largest absolute Gasteiger partial charge is 0.352 e. The van der Waals surface area contributed by atoms with Crippen molar-refractivity contribution in [3.63, 3.8) is 0 Å². The van der Waals surface area contributed by atoms with Gasteiger partial charge in [0.1, 0.15) is 4.83 Å². The molecule has 1 aliphatic carbocycles. The molecule has 1 aromatic carbocycles. The zero-order valence-corrected chi connectivity index (χ0v) is 19.2. The highest BCUT2D eigenvalue weighted by molar-refractivity contribution is 7.99. The number of para-hydroxylation sites is 1. The molecule has 30 heavy (non-hydrogen) atoms. The fourth-order valence-electron chi connectivity index (χ4n) is 4.09. The van der Waals surface area contributed by atoms with Gasteiger partial charge in [0.2, 0.25) is 5.91 Å². The molecule has 0 spiro atoms. The molecule has 0 radical (unpaired) electrons. The Bertz CT molecular complexity index is 1120. The van der Waals surface area contributed by atoms with Crippen molar-refractivity contribution in [3.05, 3.63) is 51.1 Å². The van der Waals surface area contributed by atoms with Crippen LogP contribution in [0.5, 0.6) is 0 Å². The molecule has 1 fully saturated rings. The zero-order valence-electron chi connectivity index (χ0n) is 17.6. The number of hydrogen-bond donors (Lipinski definition) is 1. The number of carbonyl (C=O) groups excluding carboxylic acids is 1. The first-order chi connectivity index (χ1) is 14.5. The van der Waals surface area contributed by atoms with Gasteiger partial charge in [-0.25, -0.2) is 4.98 Å². The summed E-state index contributed by atoms with van der Waals surface area (Å²) in [5.41, 5.74) is 1.68. The summed E-state index contributed by atoms with van der Waals surface area (Å²) in [5, 5.41) is 4.43. The van der Waals surface area contributed by atoms with Gasteiger partial charge < -0.3 is 5.32 Å². The molecule has 1 aliphatic rings. The number of fused-ring (bicyclic) bond motifs is 1. The number of thioether (sulfide) groups is 1. The highest BCUT2D eigenvalue weighted by Gasteiger charge is 2.23. The summed E-state index contributed by atoms with van der Waals surface area (Å²) in [7, 11) is 0. The van der Waals surface area contributed by atoms with Gasteiger partial charge in [0.25, 0.3) is 5.56 Å². The fourth-order valence-corrected chi connectivity index (χ4v) is 5.98. The highest BCUT2D eigenvalue weighted by Crippen LogP contribution is 2.30. The van der Waals surface area contributed by atoms with Crippen LogP contribution in [-0.2, 0) is 4.79 Å². The monoisotopic (exact) mass is 441 g/mol. The van der Waals surface area contributed by atoms with Crippen LogP contribution in [0, 0.1) is 19.8 Å². The SMILES string of the molecule is Cc1sc2nc(SCC(=O)N[C@@H]3CCCC[C@@H]3C)n(-c3ccccc3)c(=O)c2c1C. The number of benzene rings is 1. The molecule has 2 atom stereocenters. The first-order valence-electron chi connectivity index (χ1n) is 10.5. The van der Waals surface area contributed by atoms with Crippen LogP contribution in [0.1, 0.15) is 43.0 Å². The standard InChI is InChI=1S/C23H27N3O2S2/c1-14-9-7-8-12-18(14)24-19(27)13-29-23-25-21-20(15(2)16(3)30-21)22(28)26(23)17-10-5-4-6-11-17/h4-6,10-11,14,18H,7-9,12-13H2,1-3H3,(H,24,27)/t14-,18+/m0/s1. The Morgan fingerprint density at radius 2 is 1.97 bits per heavy atom. The number of thiophene rings is 1. The van der Waals surface area contributed by atoms with Crippen molar-refractivity contribution in [1.29, 1.82) is 0 Å². The number of aryl methyl sites for hydroxylation is 2. The molecule has 0 unspecified atom stereocenters. The molecule has 7 heteroatoms. The molecular weight excluding hydrogens is 414 g/mol. The van der Waals surface area contributed by atoms with E-state index >= 15 is 0 Å². The molecule has 2 heterocycles. The van der Waals surface area contributed by atoms with Crippen LogP contribution >= 0.6 is 23.1 Å². The molecule has 0 bridgehead atoms. The number of amides is 1. The first kappa shape index (κ1) is 21.1. The van der Waals surface area contributed by atoms with Crippen molar-refractivity contribution in [2.24, 2.45) is 5.92 Å².